The zero-order valence-corrected chi connectivity index (χ0v) is 10.7. The Morgan fingerprint density at radius 2 is 2.06 bits per heavy atom. The number of rotatable bonds is 4. The highest BCUT2D eigenvalue weighted by molar-refractivity contribution is 7.07. The lowest BCUT2D eigenvalue weighted by atomic mass is 10.3. The molecule has 0 aliphatic rings. The average Bonchev–Trinajstić information content (AvgIpc) is 2.69. The van der Waals surface area contributed by atoms with Crippen LogP contribution in [0.15, 0.2) is 40.7 Å². The molecule has 3 nitrogen and oxygen atoms in total. The summed E-state index contributed by atoms with van der Waals surface area (Å²) in [5.74, 6) is 0. The van der Waals surface area contributed by atoms with Gasteiger partial charge in [0, 0.05) is 24.2 Å². The molecular weight excluding hydrogens is 232 g/mol. The second-order valence-electron chi connectivity index (χ2n) is 3.84. The topological polar surface area (TPSA) is 37.5 Å². The van der Waals surface area contributed by atoms with Crippen molar-refractivity contribution in [3.8, 4) is 0 Å². The summed E-state index contributed by atoms with van der Waals surface area (Å²) < 4.78 is 2.15. The van der Waals surface area contributed by atoms with Crippen molar-refractivity contribution in [2.45, 2.75) is 19.9 Å². The van der Waals surface area contributed by atoms with E-state index < -0.39 is 0 Å². The van der Waals surface area contributed by atoms with Crippen LogP contribution >= 0.6 is 11.3 Å². The first kappa shape index (κ1) is 12.1. The van der Waals surface area contributed by atoms with E-state index in [4.69, 9.17) is 5.11 Å². The highest BCUT2D eigenvalue weighted by Gasteiger charge is 2.00. The molecule has 0 unspecified atom stereocenters. The van der Waals surface area contributed by atoms with Gasteiger partial charge in [0.05, 0.1) is 5.69 Å². The summed E-state index contributed by atoms with van der Waals surface area (Å²) in [7, 11) is 0. The van der Waals surface area contributed by atoms with Crippen LogP contribution < -0.4 is 4.80 Å². The fourth-order valence-corrected chi connectivity index (χ4v) is 2.54. The number of aryl methyl sites for hydroxylation is 1. The molecule has 0 amide bonds. The van der Waals surface area contributed by atoms with Gasteiger partial charge in [-0.1, -0.05) is 18.2 Å². The predicted octanol–water partition coefficient (Wildman–Crippen LogP) is 2.47. The lowest BCUT2D eigenvalue weighted by molar-refractivity contribution is 0.279. The fourth-order valence-electron chi connectivity index (χ4n) is 1.62. The molecule has 90 valence electrons. The van der Waals surface area contributed by atoms with Crippen LogP contribution in [0, 0.1) is 6.92 Å². The maximum Gasteiger partial charge on any atom is 0.190 e. The summed E-state index contributed by atoms with van der Waals surface area (Å²) in [6.07, 6.45) is 0.763. The number of aromatic nitrogens is 1. The standard InChI is InChI=1S/C13H16N2OS/c1-11-10-17-13(15(11)8-5-9-16)14-12-6-3-2-4-7-12/h2-4,6-7,10,16H,5,8-9H2,1H3. The molecule has 0 fully saturated rings. The molecule has 1 N–H and O–H groups in total. The van der Waals surface area contributed by atoms with Gasteiger partial charge in [-0.2, -0.15) is 0 Å². The van der Waals surface area contributed by atoms with Crippen molar-refractivity contribution in [2.24, 2.45) is 4.99 Å². The summed E-state index contributed by atoms with van der Waals surface area (Å²) in [5.41, 5.74) is 2.16. The average molecular weight is 248 g/mol. The van der Waals surface area contributed by atoms with Crippen LogP contribution in [0.2, 0.25) is 0 Å². The molecule has 2 rings (SSSR count). The van der Waals surface area contributed by atoms with Crippen molar-refractivity contribution in [1.29, 1.82) is 0 Å². The Kier molecular flexibility index (Phi) is 4.12. The smallest absolute Gasteiger partial charge is 0.190 e. The number of aliphatic hydroxyl groups excluding tert-OH is 1. The summed E-state index contributed by atoms with van der Waals surface area (Å²) in [5, 5.41) is 11.0. The van der Waals surface area contributed by atoms with Crippen molar-refractivity contribution in [3.05, 3.63) is 46.2 Å². The van der Waals surface area contributed by atoms with Crippen molar-refractivity contribution in [1.82, 2.24) is 4.57 Å². The molecule has 0 aliphatic heterocycles. The first-order valence-electron chi connectivity index (χ1n) is 5.67. The van der Waals surface area contributed by atoms with Gasteiger partial charge in [0.15, 0.2) is 4.80 Å². The second kappa shape index (κ2) is 5.80. The third-order valence-corrected chi connectivity index (χ3v) is 3.49. The minimum absolute atomic E-state index is 0.215. The Morgan fingerprint density at radius 1 is 1.29 bits per heavy atom. The van der Waals surface area contributed by atoms with Crippen molar-refractivity contribution < 1.29 is 5.11 Å². The Labute approximate surface area is 105 Å². The van der Waals surface area contributed by atoms with E-state index in [-0.39, 0.29) is 6.61 Å². The van der Waals surface area contributed by atoms with E-state index in [9.17, 15) is 0 Å². The van der Waals surface area contributed by atoms with Crippen LogP contribution in [0.3, 0.4) is 0 Å². The third-order valence-electron chi connectivity index (χ3n) is 2.51. The molecule has 0 bridgehead atoms. The van der Waals surface area contributed by atoms with Gasteiger partial charge in [-0.25, -0.2) is 4.99 Å². The Morgan fingerprint density at radius 3 is 2.76 bits per heavy atom. The van der Waals surface area contributed by atoms with Crippen LogP contribution in [-0.4, -0.2) is 16.3 Å². The molecule has 0 radical (unpaired) electrons. The van der Waals surface area contributed by atoms with Crippen LogP contribution in [0.4, 0.5) is 5.69 Å². The first-order valence-corrected chi connectivity index (χ1v) is 6.55. The van der Waals surface area contributed by atoms with Crippen molar-refractivity contribution in [3.63, 3.8) is 0 Å². The van der Waals surface area contributed by atoms with Gasteiger partial charge in [-0.15, -0.1) is 11.3 Å². The van der Waals surface area contributed by atoms with Gasteiger partial charge in [0.25, 0.3) is 0 Å². The van der Waals surface area contributed by atoms with E-state index in [1.807, 2.05) is 30.3 Å². The van der Waals surface area contributed by atoms with Crippen molar-refractivity contribution in [2.75, 3.05) is 6.61 Å². The molecule has 1 heterocycles. The molecule has 0 aliphatic carbocycles. The van der Waals surface area contributed by atoms with Gasteiger partial charge in [-0.05, 0) is 25.5 Å². The van der Waals surface area contributed by atoms with E-state index >= 15 is 0 Å². The van der Waals surface area contributed by atoms with Crippen LogP contribution in [0.5, 0.6) is 0 Å². The van der Waals surface area contributed by atoms with Gasteiger partial charge >= 0.3 is 0 Å². The van der Waals surface area contributed by atoms with Crippen LogP contribution in [0.25, 0.3) is 0 Å². The predicted molar refractivity (Wildman–Crippen MR) is 70.4 cm³/mol. The maximum atomic E-state index is 8.90. The van der Waals surface area contributed by atoms with E-state index in [1.54, 1.807) is 11.3 Å². The third kappa shape index (κ3) is 3.05. The molecule has 2 aromatic rings. The SMILES string of the molecule is Cc1csc(=Nc2ccccc2)n1CCCO. The van der Waals surface area contributed by atoms with Crippen molar-refractivity contribution >= 4 is 17.0 Å². The zero-order chi connectivity index (χ0) is 12.1. The van der Waals surface area contributed by atoms with Crippen LogP contribution in [-0.2, 0) is 6.54 Å². The first-order chi connectivity index (χ1) is 8.31. The molecule has 0 saturated heterocycles. The van der Waals surface area contributed by atoms with Gasteiger partial charge in [0.1, 0.15) is 0 Å². The molecule has 4 heteroatoms. The Bertz CT molecular complexity index is 528. The largest absolute Gasteiger partial charge is 0.396 e. The lowest BCUT2D eigenvalue weighted by Gasteiger charge is -2.03. The van der Waals surface area contributed by atoms with Gasteiger partial charge in [-0.3, -0.25) is 0 Å². The Balaban J connectivity index is 2.35. The molecule has 0 atom stereocenters. The van der Waals surface area contributed by atoms with Gasteiger partial charge < -0.3 is 9.67 Å². The second-order valence-corrected chi connectivity index (χ2v) is 4.67. The highest BCUT2D eigenvalue weighted by atomic mass is 32.1. The molecular formula is C13H16N2OS. The Hall–Kier alpha value is -1.39. The van der Waals surface area contributed by atoms with E-state index in [0.717, 1.165) is 23.5 Å². The fraction of sp³-hybridized carbons (Fsp3) is 0.308. The number of benzene rings is 1. The zero-order valence-electron chi connectivity index (χ0n) is 9.84. The minimum atomic E-state index is 0.215. The number of nitrogens with zero attached hydrogens (tertiary/aromatic N) is 2. The van der Waals surface area contributed by atoms with E-state index in [1.165, 1.54) is 5.69 Å². The highest BCUT2D eigenvalue weighted by Crippen LogP contribution is 2.10. The normalized spacial score (nSPS) is 12.0. The molecule has 17 heavy (non-hydrogen) atoms. The number of hydrogen-bond acceptors (Lipinski definition) is 3. The molecule has 1 aromatic carbocycles. The number of hydrogen-bond donors (Lipinski definition) is 1. The quantitative estimate of drug-likeness (QED) is 0.886. The number of para-hydroxylation sites is 1. The molecule has 0 spiro atoms. The summed E-state index contributed by atoms with van der Waals surface area (Å²) in [4.78, 5) is 5.60. The minimum Gasteiger partial charge on any atom is -0.396 e. The van der Waals surface area contributed by atoms with Crippen LogP contribution in [0.1, 0.15) is 12.1 Å². The summed E-state index contributed by atoms with van der Waals surface area (Å²) in [6.45, 7) is 3.10. The molecule has 1 aromatic heterocycles. The summed E-state index contributed by atoms with van der Waals surface area (Å²) in [6, 6.07) is 9.93. The summed E-state index contributed by atoms with van der Waals surface area (Å²) >= 11 is 1.64. The lowest BCUT2D eigenvalue weighted by Crippen LogP contribution is -2.16. The molecule has 0 saturated carbocycles. The monoisotopic (exact) mass is 248 g/mol. The van der Waals surface area contributed by atoms with E-state index in [2.05, 4.69) is 21.9 Å². The van der Waals surface area contributed by atoms with E-state index in [0.29, 0.717) is 0 Å². The van der Waals surface area contributed by atoms with Gasteiger partial charge in [0.2, 0.25) is 0 Å². The number of aliphatic hydroxyl groups is 1. The number of thiazole rings is 1. The maximum absolute atomic E-state index is 8.90.